The second-order valence-electron chi connectivity index (χ2n) is 3.70. The van der Waals surface area contributed by atoms with Crippen LogP contribution in [0.4, 0.5) is 0 Å². The molecule has 0 radical (unpaired) electrons. The summed E-state index contributed by atoms with van der Waals surface area (Å²) in [7, 11) is 0. The van der Waals surface area contributed by atoms with Crippen molar-refractivity contribution < 1.29 is 13.6 Å². The van der Waals surface area contributed by atoms with Gasteiger partial charge in [-0.3, -0.25) is 4.79 Å². The molecule has 90 valence electrons. The second-order valence-corrected chi connectivity index (χ2v) is 3.70. The van der Waals surface area contributed by atoms with Gasteiger partial charge >= 0.3 is 0 Å². The van der Waals surface area contributed by atoms with Crippen molar-refractivity contribution in [3.05, 3.63) is 52.5 Å². The van der Waals surface area contributed by atoms with Crippen molar-refractivity contribution >= 4 is 0 Å². The van der Waals surface area contributed by atoms with Crippen molar-refractivity contribution in [3.8, 4) is 5.75 Å². The Balaban J connectivity index is 1.84. The number of furan rings is 1. The molecule has 0 aromatic carbocycles. The van der Waals surface area contributed by atoms with Gasteiger partial charge in [0.1, 0.15) is 11.5 Å². The van der Waals surface area contributed by atoms with E-state index in [1.54, 1.807) is 13.2 Å². The van der Waals surface area contributed by atoms with Crippen LogP contribution in [-0.2, 0) is 6.42 Å². The minimum absolute atomic E-state index is 0.147. The van der Waals surface area contributed by atoms with Gasteiger partial charge < -0.3 is 13.6 Å². The van der Waals surface area contributed by atoms with Crippen LogP contribution in [0.3, 0.4) is 0 Å². The maximum Gasteiger partial charge on any atom is 0.226 e. The quantitative estimate of drug-likeness (QED) is 0.746. The van der Waals surface area contributed by atoms with Crippen molar-refractivity contribution in [3.63, 3.8) is 0 Å². The molecule has 0 saturated carbocycles. The normalized spacial score (nSPS) is 10.4. The average Bonchev–Trinajstić information content (AvgIpc) is 2.80. The number of hydrogen-bond acceptors (Lipinski definition) is 4. The molecule has 4 heteroatoms. The van der Waals surface area contributed by atoms with Gasteiger partial charge in [-0.05, 0) is 25.5 Å². The predicted octanol–water partition coefficient (Wildman–Crippen LogP) is 2.55. The third-order valence-electron chi connectivity index (χ3n) is 2.40. The lowest BCUT2D eigenvalue weighted by Crippen LogP contribution is -2.09. The summed E-state index contributed by atoms with van der Waals surface area (Å²) in [5.74, 6) is 1.73. The minimum atomic E-state index is -0.147. The van der Waals surface area contributed by atoms with Gasteiger partial charge in [0.05, 0.1) is 19.1 Å². The van der Waals surface area contributed by atoms with Crippen molar-refractivity contribution in [2.45, 2.75) is 19.8 Å². The molecule has 0 spiro atoms. The fourth-order valence-corrected chi connectivity index (χ4v) is 1.55. The van der Waals surface area contributed by atoms with Crippen LogP contribution < -0.4 is 10.2 Å². The van der Waals surface area contributed by atoms with Gasteiger partial charge in [-0.25, -0.2) is 0 Å². The van der Waals surface area contributed by atoms with Crippen LogP contribution >= 0.6 is 0 Å². The van der Waals surface area contributed by atoms with Crippen LogP contribution in [0, 0.1) is 6.92 Å². The first-order valence-electron chi connectivity index (χ1n) is 5.51. The monoisotopic (exact) mass is 234 g/mol. The second kappa shape index (κ2) is 5.39. The summed E-state index contributed by atoms with van der Waals surface area (Å²) in [5.41, 5.74) is -0.147. The zero-order valence-electron chi connectivity index (χ0n) is 9.64. The highest BCUT2D eigenvalue weighted by molar-refractivity contribution is 5.22. The van der Waals surface area contributed by atoms with Gasteiger partial charge in [-0.1, -0.05) is 0 Å². The predicted molar refractivity (Wildman–Crippen MR) is 62.2 cm³/mol. The van der Waals surface area contributed by atoms with Crippen LogP contribution in [0.2, 0.25) is 0 Å². The molecule has 0 fully saturated rings. The zero-order valence-corrected chi connectivity index (χ0v) is 9.64. The van der Waals surface area contributed by atoms with E-state index in [1.807, 2.05) is 12.1 Å². The number of hydrogen-bond donors (Lipinski definition) is 0. The van der Waals surface area contributed by atoms with Crippen molar-refractivity contribution in [2.24, 2.45) is 0 Å². The van der Waals surface area contributed by atoms with Crippen LogP contribution in [-0.4, -0.2) is 6.61 Å². The molecule has 2 rings (SSSR count). The summed E-state index contributed by atoms with van der Waals surface area (Å²) < 4.78 is 15.7. The maximum absolute atomic E-state index is 11.5. The largest absolute Gasteiger partial charge is 0.487 e. The van der Waals surface area contributed by atoms with Crippen LogP contribution in [0.1, 0.15) is 17.9 Å². The molecule has 0 unspecified atom stereocenters. The molecule has 0 aliphatic carbocycles. The molecule has 0 atom stereocenters. The fourth-order valence-electron chi connectivity index (χ4n) is 1.55. The van der Waals surface area contributed by atoms with E-state index in [0.717, 1.165) is 18.6 Å². The van der Waals surface area contributed by atoms with E-state index < -0.39 is 0 Å². The summed E-state index contributed by atoms with van der Waals surface area (Å²) in [6.45, 7) is 2.18. The lowest BCUT2D eigenvalue weighted by molar-refractivity contribution is 0.288. The zero-order chi connectivity index (χ0) is 12.1. The summed E-state index contributed by atoms with van der Waals surface area (Å²) in [4.78, 5) is 11.5. The Kier molecular flexibility index (Phi) is 3.65. The van der Waals surface area contributed by atoms with E-state index >= 15 is 0 Å². The third-order valence-corrected chi connectivity index (χ3v) is 2.40. The van der Waals surface area contributed by atoms with E-state index in [1.165, 1.54) is 12.3 Å². The Morgan fingerprint density at radius 2 is 2.12 bits per heavy atom. The van der Waals surface area contributed by atoms with E-state index in [-0.39, 0.29) is 5.43 Å². The Morgan fingerprint density at radius 1 is 1.24 bits per heavy atom. The fraction of sp³-hybridized carbons (Fsp3) is 0.308. The molecule has 0 amide bonds. The molecular formula is C13H14O4. The van der Waals surface area contributed by atoms with Gasteiger partial charge in [0.2, 0.25) is 11.2 Å². The first-order chi connectivity index (χ1) is 8.27. The van der Waals surface area contributed by atoms with Crippen LogP contribution in [0.5, 0.6) is 5.75 Å². The smallest absolute Gasteiger partial charge is 0.226 e. The summed E-state index contributed by atoms with van der Waals surface area (Å²) >= 11 is 0. The average molecular weight is 234 g/mol. The summed E-state index contributed by atoms with van der Waals surface area (Å²) in [6, 6.07) is 5.13. The van der Waals surface area contributed by atoms with Crippen LogP contribution in [0.25, 0.3) is 0 Å². The maximum atomic E-state index is 11.5. The highest BCUT2D eigenvalue weighted by atomic mass is 16.5. The number of ether oxygens (including phenoxy) is 1. The molecule has 4 nitrogen and oxygen atoms in total. The van der Waals surface area contributed by atoms with E-state index in [4.69, 9.17) is 13.6 Å². The summed E-state index contributed by atoms with van der Waals surface area (Å²) in [6.07, 6.45) is 4.60. The van der Waals surface area contributed by atoms with Crippen molar-refractivity contribution in [1.29, 1.82) is 0 Å². The SMILES string of the molecule is Cc1occc(=O)c1OCCCc1ccco1. The van der Waals surface area contributed by atoms with Crippen molar-refractivity contribution in [2.75, 3.05) is 6.61 Å². The van der Waals surface area contributed by atoms with Crippen molar-refractivity contribution in [1.82, 2.24) is 0 Å². The lowest BCUT2D eigenvalue weighted by Gasteiger charge is -2.05. The lowest BCUT2D eigenvalue weighted by atomic mass is 10.2. The molecular weight excluding hydrogens is 220 g/mol. The molecule has 0 bridgehead atoms. The van der Waals surface area contributed by atoms with Gasteiger partial charge in [-0.15, -0.1) is 0 Å². The van der Waals surface area contributed by atoms with E-state index in [0.29, 0.717) is 18.1 Å². The molecule has 0 aliphatic heterocycles. The van der Waals surface area contributed by atoms with E-state index in [2.05, 4.69) is 0 Å². The standard InChI is InChI=1S/C13H14O4/c1-10-13(12(14)6-9-15-10)17-8-3-5-11-4-2-7-16-11/h2,4,6-7,9H,3,5,8H2,1H3. The molecule has 2 aromatic rings. The number of aryl methyl sites for hydroxylation is 2. The third kappa shape index (κ3) is 3.00. The Labute approximate surface area is 98.8 Å². The van der Waals surface area contributed by atoms with Gasteiger partial charge in [-0.2, -0.15) is 0 Å². The van der Waals surface area contributed by atoms with Gasteiger partial charge in [0.15, 0.2) is 0 Å². The van der Waals surface area contributed by atoms with E-state index in [9.17, 15) is 4.79 Å². The molecule has 17 heavy (non-hydrogen) atoms. The number of rotatable bonds is 5. The van der Waals surface area contributed by atoms with Gasteiger partial charge in [0, 0.05) is 12.5 Å². The molecule has 2 aromatic heterocycles. The Bertz CT molecular complexity index is 510. The molecule has 0 aliphatic rings. The highest BCUT2D eigenvalue weighted by Crippen LogP contribution is 2.11. The first kappa shape index (κ1) is 11.5. The summed E-state index contributed by atoms with van der Waals surface area (Å²) in [5, 5.41) is 0. The highest BCUT2D eigenvalue weighted by Gasteiger charge is 2.06. The molecule has 0 N–H and O–H groups in total. The Hall–Kier alpha value is -1.97. The van der Waals surface area contributed by atoms with Crippen LogP contribution in [0.15, 0.2) is 44.4 Å². The Morgan fingerprint density at radius 3 is 2.82 bits per heavy atom. The first-order valence-corrected chi connectivity index (χ1v) is 5.51. The van der Waals surface area contributed by atoms with Gasteiger partial charge in [0.25, 0.3) is 0 Å². The molecule has 2 heterocycles. The topological polar surface area (TPSA) is 52.6 Å². The molecule has 0 saturated heterocycles. The minimum Gasteiger partial charge on any atom is -0.487 e.